The average molecular weight is 304 g/mol. The second-order valence-electron chi connectivity index (χ2n) is 5.52. The van der Waals surface area contributed by atoms with Crippen molar-refractivity contribution in [1.82, 2.24) is 10.2 Å². The van der Waals surface area contributed by atoms with Crippen molar-refractivity contribution in [3.05, 3.63) is 0 Å². The minimum Gasteiger partial charge on any atom is -0.481 e. The Balaban J connectivity index is 2.02. The Labute approximate surface area is 118 Å². The van der Waals surface area contributed by atoms with Crippen LogP contribution in [0.2, 0.25) is 0 Å². The van der Waals surface area contributed by atoms with E-state index < -0.39 is 21.8 Å². The minimum absolute atomic E-state index is 0.0717. The van der Waals surface area contributed by atoms with E-state index in [2.05, 4.69) is 5.32 Å². The summed E-state index contributed by atoms with van der Waals surface area (Å²) in [5.74, 6) is -1.25. The fourth-order valence-electron chi connectivity index (χ4n) is 2.84. The normalized spacial score (nSPS) is 29.3. The first-order valence-corrected chi connectivity index (χ1v) is 8.62. The molecule has 2 heterocycles. The summed E-state index contributed by atoms with van der Waals surface area (Å²) in [6.45, 7) is 1.80. The van der Waals surface area contributed by atoms with Crippen LogP contribution in [0.15, 0.2) is 0 Å². The Morgan fingerprint density at radius 3 is 2.65 bits per heavy atom. The van der Waals surface area contributed by atoms with Crippen molar-refractivity contribution in [2.24, 2.45) is 5.92 Å². The van der Waals surface area contributed by atoms with Crippen molar-refractivity contribution >= 4 is 21.7 Å². The minimum atomic E-state index is -3.24. The highest BCUT2D eigenvalue weighted by molar-refractivity contribution is 7.91. The van der Waals surface area contributed by atoms with Gasteiger partial charge in [-0.05, 0) is 25.4 Å². The Kier molecular flexibility index (Phi) is 4.64. The summed E-state index contributed by atoms with van der Waals surface area (Å²) in [6.07, 6.45) is 0.985. The van der Waals surface area contributed by atoms with Gasteiger partial charge in [0.1, 0.15) is 0 Å². The van der Waals surface area contributed by atoms with Crippen LogP contribution in [-0.2, 0) is 19.4 Å². The highest BCUT2D eigenvalue weighted by Crippen LogP contribution is 2.20. The third kappa shape index (κ3) is 3.92. The molecule has 7 nitrogen and oxygen atoms in total. The number of aliphatic carboxylic acids is 1. The van der Waals surface area contributed by atoms with Crippen LogP contribution in [0.5, 0.6) is 0 Å². The largest absolute Gasteiger partial charge is 0.481 e. The van der Waals surface area contributed by atoms with E-state index in [9.17, 15) is 18.0 Å². The van der Waals surface area contributed by atoms with Gasteiger partial charge in [0.25, 0.3) is 0 Å². The molecule has 0 spiro atoms. The van der Waals surface area contributed by atoms with Crippen molar-refractivity contribution in [3.63, 3.8) is 0 Å². The maximum absolute atomic E-state index is 12.3. The molecule has 2 atom stereocenters. The third-order valence-electron chi connectivity index (χ3n) is 3.89. The lowest BCUT2D eigenvalue weighted by molar-refractivity contribution is -0.140. The lowest BCUT2D eigenvalue weighted by Crippen LogP contribution is -2.52. The lowest BCUT2D eigenvalue weighted by Gasteiger charge is -2.35. The van der Waals surface area contributed by atoms with Crippen molar-refractivity contribution in [1.29, 1.82) is 0 Å². The van der Waals surface area contributed by atoms with Crippen molar-refractivity contribution in [2.45, 2.75) is 25.3 Å². The van der Waals surface area contributed by atoms with Crippen LogP contribution >= 0.6 is 0 Å². The number of amides is 1. The maximum atomic E-state index is 12.3. The molecule has 0 aromatic carbocycles. The van der Waals surface area contributed by atoms with Gasteiger partial charge in [-0.2, -0.15) is 0 Å². The SMILES string of the molecule is O=C(O)CC1CS(=O)(=O)CCN1C(=O)CC1CCNC1. The average Bonchev–Trinajstić information content (AvgIpc) is 2.79. The molecule has 2 aliphatic rings. The molecular formula is C12H20N2O5S. The highest BCUT2D eigenvalue weighted by Gasteiger charge is 2.36. The summed E-state index contributed by atoms with van der Waals surface area (Å²) < 4.78 is 23.2. The fraction of sp³-hybridized carbons (Fsp3) is 0.833. The van der Waals surface area contributed by atoms with E-state index in [1.54, 1.807) is 0 Å². The van der Waals surface area contributed by atoms with Crippen LogP contribution in [0.4, 0.5) is 0 Å². The molecule has 2 rings (SSSR count). The summed E-state index contributed by atoms with van der Waals surface area (Å²) in [5.41, 5.74) is 0. The van der Waals surface area contributed by atoms with Gasteiger partial charge < -0.3 is 15.3 Å². The molecule has 2 fully saturated rings. The number of nitrogens with one attached hydrogen (secondary N) is 1. The fourth-order valence-corrected chi connectivity index (χ4v) is 4.36. The van der Waals surface area contributed by atoms with Gasteiger partial charge in [0.05, 0.1) is 24.0 Å². The number of carboxylic acid groups (broad SMARTS) is 1. The van der Waals surface area contributed by atoms with E-state index in [0.29, 0.717) is 6.42 Å². The molecule has 20 heavy (non-hydrogen) atoms. The van der Waals surface area contributed by atoms with Crippen LogP contribution in [0.25, 0.3) is 0 Å². The first-order chi connectivity index (χ1) is 9.37. The molecule has 114 valence electrons. The Bertz CT molecular complexity index is 484. The van der Waals surface area contributed by atoms with Crippen LogP contribution < -0.4 is 5.32 Å². The van der Waals surface area contributed by atoms with Crippen LogP contribution in [-0.4, -0.2) is 67.5 Å². The van der Waals surface area contributed by atoms with Gasteiger partial charge in [-0.25, -0.2) is 8.42 Å². The molecule has 0 radical (unpaired) electrons. The maximum Gasteiger partial charge on any atom is 0.305 e. The third-order valence-corrected chi connectivity index (χ3v) is 5.58. The van der Waals surface area contributed by atoms with Crippen LogP contribution in [0.1, 0.15) is 19.3 Å². The zero-order chi connectivity index (χ0) is 14.8. The lowest BCUT2D eigenvalue weighted by atomic mass is 10.0. The number of rotatable bonds is 4. The molecule has 0 aromatic rings. The molecule has 0 bridgehead atoms. The van der Waals surface area contributed by atoms with Gasteiger partial charge in [0.2, 0.25) is 5.91 Å². The van der Waals surface area contributed by atoms with Gasteiger partial charge in [-0.3, -0.25) is 9.59 Å². The predicted molar refractivity (Wildman–Crippen MR) is 72.0 cm³/mol. The van der Waals surface area contributed by atoms with E-state index in [1.807, 2.05) is 0 Å². The van der Waals surface area contributed by atoms with Gasteiger partial charge >= 0.3 is 5.97 Å². The summed E-state index contributed by atoms with van der Waals surface area (Å²) in [6, 6.07) is -0.729. The summed E-state index contributed by atoms with van der Waals surface area (Å²) in [4.78, 5) is 24.6. The molecule has 0 aromatic heterocycles. The topological polar surface area (TPSA) is 104 Å². The summed E-state index contributed by atoms with van der Waals surface area (Å²) in [5, 5.41) is 12.1. The molecule has 0 aliphatic carbocycles. The number of hydrogen-bond donors (Lipinski definition) is 2. The second-order valence-corrected chi connectivity index (χ2v) is 7.74. The standard InChI is InChI=1S/C12H20N2O5S/c15-11(5-9-1-2-13-7-9)14-3-4-20(18,19)8-10(14)6-12(16)17/h9-10,13H,1-8H2,(H,16,17). The monoisotopic (exact) mass is 304 g/mol. The van der Waals surface area contributed by atoms with Crippen molar-refractivity contribution < 1.29 is 23.1 Å². The zero-order valence-electron chi connectivity index (χ0n) is 11.2. The Morgan fingerprint density at radius 2 is 2.05 bits per heavy atom. The van der Waals surface area contributed by atoms with Gasteiger partial charge in [0.15, 0.2) is 9.84 Å². The van der Waals surface area contributed by atoms with E-state index in [1.165, 1.54) is 4.90 Å². The number of carbonyl (C=O) groups is 2. The van der Waals surface area contributed by atoms with Gasteiger partial charge in [-0.1, -0.05) is 0 Å². The molecule has 2 N–H and O–H groups in total. The Morgan fingerprint density at radius 1 is 1.30 bits per heavy atom. The molecule has 2 unspecified atom stereocenters. The number of carbonyl (C=O) groups excluding carboxylic acids is 1. The number of nitrogens with zero attached hydrogens (tertiary/aromatic N) is 1. The number of hydrogen-bond acceptors (Lipinski definition) is 5. The molecule has 2 aliphatic heterocycles. The summed E-state index contributed by atoms with van der Waals surface area (Å²) >= 11 is 0. The smallest absolute Gasteiger partial charge is 0.305 e. The molecule has 1 amide bonds. The number of carboxylic acids is 1. The zero-order valence-corrected chi connectivity index (χ0v) is 12.1. The second kappa shape index (κ2) is 6.09. The molecule has 0 saturated carbocycles. The van der Waals surface area contributed by atoms with E-state index in [0.717, 1.165) is 19.5 Å². The summed E-state index contributed by atoms with van der Waals surface area (Å²) in [7, 11) is -3.24. The molecule has 2 saturated heterocycles. The predicted octanol–water partition coefficient (Wildman–Crippen LogP) is -0.914. The van der Waals surface area contributed by atoms with Gasteiger partial charge in [-0.15, -0.1) is 0 Å². The first-order valence-electron chi connectivity index (χ1n) is 6.80. The van der Waals surface area contributed by atoms with E-state index in [-0.39, 0.29) is 36.3 Å². The molecule has 8 heteroatoms. The van der Waals surface area contributed by atoms with Crippen molar-refractivity contribution in [2.75, 3.05) is 31.1 Å². The highest BCUT2D eigenvalue weighted by atomic mass is 32.2. The number of sulfone groups is 1. The first kappa shape index (κ1) is 15.2. The van der Waals surface area contributed by atoms with E-state index >= 15 is 0 Å². The van der Waals surface area contributed by atoms with Crippen LogP contribution in [0.3, 0.4) is 0 Å². The molecular weight excluding hydrogens is 284 g/mol. The van der Waals surface area contributed by atoms with Crippen LogP contribution in [0, 0.1) is 5.92 Å². The Hall–Kier alpha value is -1.15. The quantitative estimate of drug-likeness (QED) is 0.696. The van der Waals surface area contributed by atoms with Crippen molar-refractivity contribution in [3.8, 4) is 0 Å². The van der Waals surface area contributed by atoms with Gasteiger partial charge in [0, 0.05) is 13.0 Å². The van der Waals surface area contributed by atoms with E-state index in [4.69, 9.17) is 5.11 Å².